The molecule has 0 radical (unpaired) electrons. The van der Waals surface area contributed by atoms with E-state index in [0.29, 0.717) is 23.0 Å². The molecule has 0 amide bonds. The molecule has 0 N–H and O–H groups in total. The van der Waals surface area contributed by atoms with Gasteiger partial charge in [0.15, 0.2) is 17.5 Å². The minimum Gasteiger partial charge on any atom is -0.457 e. The summed E-state index contributed by atoms with van der Waals surface area (Å²) in [7, 11) is 0. The second kappa shape index (κ2) is 12.9. The first-order valence-electron chi connectivity index (χ1n) is 17.2. The number of fused-ring (bicyclic) bond motifs is 2. The molecule has 0 aliphatic carbocycles. The Bertz CT molecular complexity index is 2560. The molecule has 0 bridgehead atoms. The van der Waals surface area contributed by atoms with Gasteiger partial charge in [0.2, 0.25) is 0 Å². The Morgan fingerprint density at radius 2 is 0.904 bits per heavy atom. The molecular formula is C47H30N4O. The van der Waals surface area contributed by atoms with E-state index in [1.165, 1.54) is 0 Å². The highest BCUT2D eigenvalue weighted by molar-refractivity contribution is 5.75. The minimum absolute atomic E-state index is 0.560. The van der Waals surface area contributed by atoms with E-state index in [1.54, 1.807) is 0 Å². The number of nitriles is 1. The van der Waals surface area contributed by atoms with Crippen molar-refractivity contribution in [1.29, 1.82) is 5.26 Å². The lowest BCUT2D eigenvalue weighted by Crippen LogP contribution is -2.34. The molecule has 2 heterocycles. The molecule has 9 rings (SSSR count). The summed E-state index contributed by atoms with van der Waals surface area (Å²) in [5, 5.41) is 9.31. The van der Waals surface area contributed by atoms with Gasteiger partial charge in [0.1, 0.15) is 11.5 Å². The maximum Gasteiger partial charge on any atom is 0.164 e. The van der Waals surface area contributed by atoms with Crippen molar-refractivity contribution in [2.45, 2.75) is 5.41 Å². The van der Waals surface area contributed by atoms with Gasteiger partial charge in [-0.15, -0.1) is 0 Å². The van der Waals surface area contributed by atoms with Crippen molar-refractivity contribution in [2.24, 2.45) is 0 Å². The van der Waals surface area contributed by atoms with Crippen LogP contribution in [0, 0.1) is 11.3 Å². The molecule has 0 spiro atoms. The van der Waals surface area contributed by atoms with Gasteiger partial charge in [-0.25, -0.2) is 15.0 Å². The van der Waals surface area contributed by atoms with E-state index in [0.717, 1.165) is 61.6 Å². The van der Waals surface area contributed by atoms with Gasteiger partial charge in [-0.2, -0.15) is 5.26 Å². The fourth-order valence-electron chi connectivity index (χ4n) is 7.27. The molecule has 5 nitrogen and oxygen atoms in total. The van der Waals surface area contributed by atoms with Crippen LogP contribution in [-0.4, -0.2) is 15.0 Å². The Kier molecular flexibility index (Phi) is 7.68. The summed E-state index contributed by atoms with van der Waals surface area (Å²) in [5.41, 5.74) is 8.92. The zero-order chi connectivity index (χ0) is 34.9. The van der Waals surface area contributed by atoms with Crippen molar-refractivity contribution in [3.05, 3.63) is 210 Å². The second-order valence-electron chi connectivity index (χ2n) is 12.7. The van der Waals surface area contributed by atoms with Crippen LogP contribution in [0.5, 0.6) is 11.5 Å². The van der Waals surface area contributed by atoms with Gasteiger partial charge in [0, 0.05) is 27.8 Å². The summed E-state index contributed by atoms with van der Waals surface area (Å²) in [6.45, 7) is 0. The minimum atomic E-state index is -0.670. The van der Waals surface area contributed by atoms with Crippen LogP contribution in [-0.2, 0) is 5.41 Å². The van der Waals surface area contributed by atoms with E-state index in [1.807, 2.05) is 91.0 Å². The van der Waals surface area contributed by atoms with Crippen LogP contribution < -0.4 is 4.74 Å². The molecule has 0 fully saturated rings. The topological polar surface area (TPSA) is 71.7 Å². The first-order chi connectivity index (χ1) is 25.7. The lowest BCUT2D eigenvalue weighted by molar-refractivity contribution is 0.434. The van der Waals surface area contributed by atoms with Gasteiger partial charge in [-0.3, -0.25) is 0 Å². The number of rotatable bonds is 6. The average Bonchev–Trinajstić information content (AvgIpc) is 3.23. The summed E-state index contributed by atoms with van der Waals surface area (Å²) in [4.78, 5) is 15.2. The van der Waals surface area contributed by atoms with Crippen molar-refractivity contribution in [3.8, 4) is 62.9 Å². The normalized spacial score (nSPS) is 12.5. The third-order valence-corrected chi connectivity index (χ3v) is 9.70. The average molecular weight is 667 g/mol. The number of para-hydroxylation sites is 1. The zero-order valence-electron chi connectivity index (χ0n) is 28.0. The quantitative estimate of drug-likeness (QED) is 0.177. The molecule has 1 aliphatic rings. The molecule has 244 valence electrons. The van der Waals surface area contributed by atoms with Gasteiger partial charge in [-0.1, -0.05) is 140 Å². The maximum absolute atomic E-state index is 9.31. The van der Waals surface area contributed by atoms with E-state index < -0.39 is 5.41 Å². The maximum atomic E-state index is 9.31. The van der Waals surface area contributed by atoms with Crippen molar-refractivity contribution in [3.63, 3.8) is 0 Å². The van der Waals surface area contributed by atoms with Crippen molar-refractivity contribution >= 4 is 0 Å². The standard InChI is InChI=1S/C47H30N4O/c48-31-32-23-25-33(26-24-32)35-15-12-16-36(29-35)45-49-44(34-13-4-1-5-14-34)50-46(51-45)37-27-28-43-41(30-37)47(38-17-6-2-7-18-38,39-19-8-3-9-20-39)40-21-10-11-22-42(40)52-43/h1-30H. The van der Waals surface area contributed by atoms with E-state index >= 15 is 0 Å². The lowest BCUT2D eigenvalue weighted by atomic mass is 9.63. The Hall–Kier alpha value is -7.16. The van der Waals surface area contributed by atoms with E-state index in [2.05, 4.69) is 97.1 Å². The first kappa shape index (κ1) is 30.9. The Labute approximate surface area is 302 Å². The fourth-order valence-corrected chi connectivity index (χ4v) is 7.27. The lowest BCUT2D eigenvalue weighted by Gasteiger charge is -2.41. The summed E-state index contributed by atoms with van der Waals surface area (Å²) >= 11 is 0. The summed E-state index contributed by atoms with van der Waals surface area (Å²) < 4.78 is 6.65. The van der Waals surface area contributed by atoms with Gasteiger partial charge < -0.3 is 4.74 Å². The summed E-state index contributed by atoms with van der Waals surface area (Å²) in [6.07, 6.45) is 0. The number of aromatic nitrogens is 3. The fraction of sp³-hybridized carbons (Fsp3) is 0.0213. The molecule has 8 aromatic rings. The third-order valence-electron chi connectivity index (χ3n) is 9.70. The van der Waals surface area contributed by atoms with Gasteiger partial charge >= 0.3 is 0 Å². The molecule has 0 saturated carbocycles. The molecule has 7 aromatic carbocycles. The molecule has 0 saturated heterocycles. The first-order valence-corrected chi connectivity index (χ1v) is 17.2. The number of nitrogens with zero attached hydrogens (tertiary/aromatic N) is 4. The van der Waals surface area contributed by atoms with E-state index in [4.69, 9.17) is 19.7 Å². The van der Waals surface area contributed by atoms with Crippen LogP contribution in [0.2, 0.25) is 0 Å². The predicted molar refractivity (Wildman–Crippen MR) is 205 cm³/mol. The molecule has 1 aromatic heterocycles. The molecule has 52 heavy (non-hydrogen) atoms. The number of hydrogen-bond acceptors (Lipinski definition) is 5. The van der Waals surface area contributed by atoms with E-state index in [-0.39, 0.29) is 0 Å². The van der Waals surface area contributed by atoms with Crippen LogP contribution in [0.4, 0.5) is 0 Å². The van der Waals surface area contributed by atoms with Crippen LogP contribution in [0.15, 0.2) is 182 Å². The smallest absolute Gasteiger partial charge is 0.164 e. The Balaban J connectivity index is 1.26. The van der Waals surface area contributed by atoms with Crippen molar-refractivity contribution in [1.82, 2.24) is 15.0 Å². The number of ether oxygens (including phenoxy) is 1. The predicted octanol–water partition coefficient (Wildman–Crippen LogP) is 10.9. The Morgan fingerprint density at radius 3 is 1.56 bits per heavy atom. The van der Waals surface area contributed by atoms with Crippen LogP contribution >= 0.6 is 0 Å². The molecular weight excluding hydrogens is 637 g/mol. The highest BCUT2D eigenvalue weighted by atomic mass is 16.5. The van der Waals surface area contributed by atoms with Crippen molar-refractivity contribution < 1.29 is 4.74 Å². The van der Waals surface area contributed by atoms with Crippen LogP contribution in [0.1, 0.15) is 27.8 Å². The van der Waals surface area contributed by atoms with Crippen LogP contribution in [0.3, 0.4) is 0 Å². The SMILES string of the molecule is N#Cc1ccc(-c2cccc(-c3nc(-c4ccccc4)nc(-c4ccc5c(c4)C(c4ccccc4)(c4ccccc4)c4ccccc4O5)n3)c2)cc1. The molecule has 1 aliphatic heterocycles. The summed E-state index contributed by atoms with van der Waals surface area (Å²) in [5.74, 6) is 3.32. The van der Waals surface area contributed by atoms with Crippen LogP contribution in [0.25, 0.3) is 45.3 Å². The summed E-state index contributed by atoms with van der Waals surface area (Å²) in [6, 6.07) is 63.8. The van der Waals surface area contributed by atoms with Gasteiger partial charge in [-0.05, 0) is 64.7 Å². The highest BCUT2D eigenvalue weighted by Gasteiger charge is 2.45. The highest BCUT2D eigenvalue weighted by Crippen LogP contribution is 2.55. The zero-order valence-corrected chi connectivity index (χ0v) is 28.0. The number of benzene rings is 7. The van der Waals surface area contributed by atoms with Gasteiger partial charge in [0.25, 0.3) is 0 Å². The monoisotopic (exact) mass is 666 g/mol. The molecule has 0 atom stereocenters. The van der Waals surface area contributed by atoms with E-state index in [9.17, 15) is 5.26 Å². The largest absolute Gasteiger partial charge is 0.457 e. The van der Waals surface area contributed by atoms with Gasteiger partial charge in [0.05, 0.1) is 17.0 Å². The second-order valence-corrected chi connectivity index (χ2v) is 12.7. The molecule has 5 heteroatoms. The van der Waals surface area contributed by atoms with Crippen molar-refractivity contribution in [2.75, 3.05) is 0 Å². The Morgan fingerprint density at radius 1 is 0.404 bits per heavy atom. The third kappa shape index (κ3) is 5.31. The molecule has 0 unspecified atom stereocenters. The number of hydrogen-bond donors (Lipinski definition) is 0.